The second-order valence-electron chi connectivity index (χ2n) is 5.59. The molecule has 27 heavy (non-hydrogen) atoms. The Kier molecular flexibility index (Phi) is 4.70. The number of hydrogen-bond donors (Lipinski definition) is 2. The van der Waals surface area contributed by atoms with Crippen LogP contribution in [0.5, 0.6) is 5.75 Å². The van der Waals surface area contributed by atoms with Gasteiger partial charge in [-0.2, -0.15) is 18.3 Å². The summed E-state index contributed by atoms with van der Waals surface area (Å²) < 4.78 is 69.3. The third-order valence-electron chi connectivity index (χ3n) is 3.88. The number of benzene rings is 2. The highest BCUT2D eigenvalue weighted by atomic mass is 32.2. The molecule has 1 heterocycles. The molecule has 0 spiro atoms. The number of nitrogens with zero attached hydrogens (tertiary/aromatic N) is 1. The number of H-pyrrole nitrogens is 1. The summed E-state index contributed by atoms with van der Waals surface area (Å²) in [5, 5.41) is 10.9. The molecule has 0 aliphatic carbocycles. The second-order valence-corrected chi connectivity index (χ2v) is 7.12. The first-order valence-electron chi connectivity index (χ1n) is 7.55. The van der Waals surface area contributed by atoms with Gasteiger partial charge in [-0.25, -0.2) is 13.6 Å². The van der Waals surface area contributed by atoms with Crippen LogP contribution in [0.1, 0.15) is 5.69 Å². The Hall–Kier alpha value is -2.85. The summed E-state index contributed by atoms with van der Waals surface area (Å²) in [4.78, 5) is -0.319. The zero-order chi connectivity index (χ0) is 19.8. The van der Waals surface area contributed by atoms with Gasteiger partial charge in [0.05, 0.1) is 12.0 Å². The van der Waals surface area contributed by atoms with E-state index >= 15 is 0 Å². The molecule has 0 saturated heterocycles. The van der Waals surface area contributed by atoms with E-state index in [-0.39, 0.29) is 27.3 Å². The molecule has 0 unspecified atom stereocenters. The first kappa shape index (κ1) is 18.9. The van der Waals surface area contributed by atoms with E-state index in [0.717, 1.165) is 0 Å². The fourth-order valence-electron chi connectivity index (χ4n) is 2.69. The van der Waals surface area contributed by atoms with Crippen LogP contribution in [0.25, 0.3) is 22.4 Å². The lowest BCUT2D eigenvalue weighted by Gasteiger charge is -2.11. The Morgan fingerprint density at radius 3 is 2.26 bits per heavy atom. The highest BCUT2D eigenvalue weighted by Gasteiger charge is 2.38. The summed E-state index contributed by atoms with van der Waals surface area (Å²) in [7, 11) is -2.74. The molecule has 2 aromatic carbocycles. The molecule has 0 bridgehead atoms. The quantitative estimate of drug-likeness (QED) is 0.705. The lowest BCUT2D eigenvalue weighted by molar-refractivity contribution is -0.140. The van der Waals surface area contributed by atoms with E-state index in [1.165, 1.54) is 55.6 Å². The topological polar surface area (TPSA) is 98.1 Å². The highest BCUT2D eigenvalue weighted by Crippen LogP contribution is 2.42. The number of rotatable bonds is 4. The summed E-state index contributed by atoms with van der Waals surface area (Å²) >= 11 is 0. The molecule has 1 aromatic heterocycles. The van der Waals surface area contributed by atoms with Crippen LogP contribution in [0.2, 0.25) is 0 Å². The number of halogens is 3. The van der Waals surface area contributed by atoms with Gasteiger partial charge in [-0.3, -0.25) is 5.10 Å². The molecule has 0 fully saturated rings. The van der Waals surface area contributed by atoms with E-state index < -0.39 is 21.9 Å². The van der Waals surface area contributed by atoms with Gasteiger partial charge in [0, 0.05) is 11.1 Å². The lowest BCUT2D eigenvalue weighted by atomic mass is 9.98. The number of methoxy groups -OCH3 is 1. The fraction of sp³-hybridized carbons (Fsp3) is 0.118. The number of nitrogens with one attached hydrogen (secondary N) is 1. The average molecular weight is 397 g/mol. The molecule has 142 valence electrons. The third-order valence-corrected chi connectivity index (χ3v) is 4.85. The molecule has 6 nitrogen and oxygen atoms in total. The van der Waals surface area contributed by atoms with E-state index in [1.54, 1.807) is 0 Å². The van der Waals surface area contributed by atoms with E-state index in [4.69, 9.17) is 9.88 Å². The van der Waals surface area contributed by atoms with Crippen molar-refractivity contribution in [2.45, 2.75) is 11.1 Å². The SMILES string of the molecule is COc1ccc(-c2c(-c3ccccc3S(N)(=O)=O)n[nH]c2C(F)(F)F)cc1. The Morgan fingerprint density at radius 1 is 1.07 bits per heavy atom. The summed E-state index contributed by atoms with van der Waals surface area (Å²) in [6.07, 6.45) is -4.73. The number of alkyl halides is 3. The number of sulfonamides is 1. The van der Waals surface area contributed by atoms with Crippen molar-refractivity contribution in [3.63, 3.8) is 0 Å². The van der Waals surface area contributed by atoms with E-state index in [9.17, 15) is 21.6 Å². The van der Waals surface area contributed by atoms with Crippen molar-refractivity contribution in [2.24, 2.45) is 5.14 Å². The van der Waals surface area contributed by atoms with Crippen LogP contribution in [-0.4, -0.2) is 25.7 Å². The minimum atomic E-state index is -4.73. The molecule has 10 heteroatoms. The lowest BCUT2D eigenvalue weighted by Crippen LogP contribution is -2.13. The first-order valence-corrected chi connectivity index (χ1v) is 9.09. The number of nitrogens with two attached hydrogens (primary N) is 1. The Morgan fingerprint density at radius 2 is 1.70 bits per heavy atom. The molecule has 0 aliphatic rings. The zero-order valence-corrected chi connectivity index (χ0v) is 14.7. The molecule has 0 atom stereocenters. The first-order chi connectivity index (χ1) is 12.6. The molecular weight excluding hydrogens is 383 g/mol. The van der Waals surface area contributed by atoms with Gasteiger partial charge in [0.2, 0.25) is 10.0 Å². The van der Waals surface area contributed by atoms with Crippen LogP contribution in [-0.2, 0) is 16.2 Å². The predicted octanol–water partition coefficient (Wildman–Crippen LogP) is 3.42. The molecule has 0 radical (unpaired) electrons. The summed E-state index contributed by atoms with van der Waals surface area (Å²) in [5.41, 5.74) is -1.38. The smallest absolute Gasteiger partial charge is 0.433 e. The highest BCUT2D eigenvalue weighted by molar-refractivity contribution is 7.89. The van der Waals surface area contributed by atoms with Crippen molar-refractivity contribution in [1.29, 1.82) is 0 Å². The second kappa shape index (κ2) is 6.71. The van der Waals surface area contributed by atoms with Crippen LogP contribution in [0.3, 0.4) is 0 Å². The normalized spacial score (nSPS) is 12.2. The Labute approximate surface area is 152 Å². The van der Waals surface area contributed by atoms with Crippen LogP contribution >= 0.6 is 0 Å². The number of aromatic amines is 1. The van der Waals surface area contributed by atoms with Crippen molar-refractivity contribution in [1.82, 2.24) is 10.2 Å². The van der Waals surface area contributed by atoms with Gasteiger partial charge in [0.1, 0.15) is 17.1 Å². The van der Waals surface area contributed by atoms with Gasteiger partial charge >= 0.3 is 6.18 Å². The van der Waals surface area contributed by atoms with Gasteiger partial charge in [-0.05, 0) is 23.8 Å². The number of hydrogen-bond acceptors (Lipinski definition) is 4. The molecule has 0 saturated carbocycles. The standard InChI is InChI=1S/C17H14F3N3O3S/c1-26-11-8-6-10(7-9-11)14-15(22-23-16(14)17(18,19)20)12-4-2-3-5-13(12)27(21,24)25/h2-9H,1H3,(H,22,23)(H2,21,24,25). The van der Waals surface area contributed by atoms with Crippen molar-refractivity contribution in [3.05, 3.63) is 54.2 Å². The monoisotopic (exact) mass is 397 g/mol. The van der Waals surface area contributed by atoms with E-state index in [0.29, 0.717) is 5.75 Å². The van der Waals surface area contributed by atoms with Crippen molar-refractivity contribution < 1.29 is 26.3 Å². The van der Waals surface area contributed by atoms with Gasteiger partial charge in [-0.1, -0.05) is 30.3 Å². The maximum Gasteiger partial charge on any atom is 0.433 e. The molecule has 0 aliphatic heterocycles. The van der Waals surface area contributed by atoms with Crippen LogP contribution < -0.4 is 9.88 Å². The maximum absolute atomic E-state index is 13.5. The number of ether oxygens (including phenoxy) is 1. The summed E-state index contributed by atoms with van der Waals surface area (Å²) in [5.74, 6) is 0.460. The van der Waals surface area contributed by atoms with E-state index in [2.05, 4.69) is 5.10 Å². The Bertz CT molecular complexity index is 1070. The molecule has 3 N–H and O–H groups in total. The van der Waals surface area contributed by atoms with Gasteiger partial charge < -0.3 is 4.74 Å². The van der Waals surface area contributed by atoms with Crippen LogP contribution in [0.4, 0.5) is 13.2 Å². The van der Waals surface area contributed by atoms with Gasteiger partial charge in [-0.15, -0.1) is 0 Å². The molecule has 0 amide bonds. The predicted molar refractivity (Wildman–Crippen MR) is 92.4 cm³/mol. The summed E-state index contributed by atoms with van der Waals surface area (Å²) in [6.45, 7) is 0. The van der Waals surface area contributed by atoms with Crippen molar-refractivity contribution in [3.8, 4) is 28.1 Å². The Balaban J connectivity index is 2.32. The maximum atomic E-state index is 13.5. The third kappa shape index (κ3) is 3.67. The average Bonchev–Trinajstić information content (AvgIpc) is 3.06. The molecular formula is C17H14F3N3O3S. The van der Waals surface area contributed by atoms with Gasteiger partial charge in [0.15, 0.2) is 0 Å². The van der Waals surface area contributed by atoms with Gasteiger partial charge in [0.25, 0.3) is 0 Å². The number of primary sulfonamides is 1. The molecule has 3 aromatic rings. The largest absolute Gasteiger partial charge is 0.497 e. The number of aromatic nitrogens is 2. The fourth-order valence-corrected chi connectivity index (χ4v) is 3.43. The van der Waals surface area contributed by atoms with Crippen LogP contribution in [0.15, 0.2) is 53.4 Å². The minimum absolute atomic E-state index is 0.0300. The zero-order valence-electron chi connectivity index (χ0n) is 13.9. The van der Waals surface area contributed by atoms with Crippen molar-refractivity contribution >= 4 is 10.0 Å². The summed E-state index contributed by atoms with van der Waals surface area (Å²) in [6, 6.07) is 11.3. The van der Waals surface area contributed by atoms with Crippen LogP contribution in [0, 0.1) is 0 Å². The minimum Gasteiger partial charge on any atom is -0.497 e. The van der Waals surface area contributed by atoms with E-state index in [1.807, 2.05) is 5.10 Å². The molecule has 3 rings (SSSR count). The van der Waals surface area contributed by atoms with Crippen molar-refractivity contribution in [2.75, 3.05) is 7.11 Å².